The van der Waals surface area contributed by atoms with Crippen LogP contribution < -0.4 is 5.32 Å². The first-order chi connectivity index (χ1) is 8.66. The smallest absolute Gasteiger partial charge is 0.404 e. The largest absolute Gasteiger partial charge is 0.465 e. The summed E-state index contributed by atoms with van der Waals surface area (Å²) in [5, 5.41) is 10.8. The lowest BCUT2D eigenvalue weighted by atomic mass is 10.0. The summed E-state index contributed by atoms with van der Waals surface area (Å²) in [7, 11) is 0. The fourth-order valence-corrected chi connectivity index (χ4v) is 1.61. The monoisotopic (exact) mass is 246 g/mol. The van der Waals surface area contributed by atoms with E-state index in [4.69, 9.17) is 5.11 Å². The van der Waals surface area contributed by atoms with Crippen molar-refractivity contribution in [2.24, 2.45) is 0 Å². The van der Waals surface area contributed by atoms with Gasteiger partial charge in [0.15, 0.2) is 0 Å². The number of aromatic nitrogens is 1. The number of pyridine rings is 1. The summed E-state index contributed by atoms with van der Waals surface area (Å²) in [4.78, 5) is 14.3. The molecule has 1 amide bonds. The predicted molar refractivity (Wildman–Crippen MR) is 64.5 cm³/mol. The first kappa shape index (κ1) is 12.0. The average molecular weight is 246 g/mol. The van der Waals surface area contributed by atoms with Crippen LogP contribution in [-0.4, -0.2) is 16.2 Å². The minimum Gasteiger partial charge on any atom is -0.465 e. The van der Waals surface area contributed by atoms with Gasteiger partial charge >= 0.3 is 6.09 Å². The molecular formula is C13H11FN2O2. The van der Waals surface area contributed by atoms with Gasteiger partial charge in [-0.1, -0.05) is 6.07 Å². The van der Waals surface area contributed by atoms with Gasteiger partial charge in [0.05, 0.1) is 0 Å². The van der Waals surface area contributed by atoms with Crippen LogP contribution in [0.5, 0.6) is 0 Å². The summed E-state index contributed by atoms with van der Waals surface area (Å²) >= 11 is 0. The molecule has 0 saturated heterocycles. The normalized spacial score (nSPS) is 10.1. The maximum absolute atomic E-state index is 13.7. The van der Waals surface area contributed by atoms with E-state index in [0.717, 1.165) is 0 Å². The van der Waals surface area contributed by atoms with Crippen molar-refractivity contribution >= 4 is 6.09 Å². The van der Waals surface area contributed by atoms with E-state index >= 15 is 0 Å². The molecule has 0 aliphatic heterocycles. The van der Waals surface area contributed by atoms with Gasteiger partial charge in [-0.05, 0) is 35.4 Å². The second-order valence-corrected chi connectivity index (χ2v) is 3.71. The standard InChI is InChI=1S/C13H11FN2O2/c14-12-2-1-9(8-16-13(17)18)7-11(12)10-3-5-15-6-4-10/h1-7,16H,8H2,(H,17,18). The molecule has 2 aromatic rings. The van der Waals surface area contributed by atoms with E-state index in [1.54, 1.807) is 36.7 Å². The van der Waals surface area contributed by atoms with Crippen LogP contribution >= 0.6 is 0 Å². The third-order valence-corrected chi connectivity index (χ3v) is 2.47. The third-order valence-electron chi connectivity index (χ3n) is 2.47. The molecule has 0 atom stereocenters. The van der Waals surface area contributed by atoms with Crippen molar-refractivity contribution in [3.63, 3.8) is 0 Å². The minimum absolute atomic E-state index is 0.147. The highest BCUT2D eigenvalue weighted by Gasteiger charge is 2.06. The van der Waals surface area contributed by atoms with Crippen molar-refractivity contribution in [3.8, 4) is 11.1 Å². The number of rotatable bonds is 3. The van der Waals surface area contributed by atoms with Crippen molar-refractivity contribution < 1.29 is 14.3 Å². The molecule has 0 unspecified atom stereocenters. The highest BCUT2D eigenvalue weighted by atomic mass is 19.1. The molecule has 2 rings (SSSR count). The Morgan fingerprint density at radius 3 is 2.67 bits per heavy atom. The SMILES string of the molecule is O=C(O)NCc1ccc(F)c(-c2ccncc2)c1. The van der Waals surface area contributed by atoms with Crippen molar-refractivity contribution in [1.82, 2.24) is 10.3 Å². The fraction of sp³-hybridized carbons (Fsp3) is 0.0769. The lowest BCUT2D eigenvalue weighted by molar-refractivity contribution is 0.194. The maximum Gasteiger partial charge on any atom is 0.404 e. The highest BCUT2D eigenvalue weighted by Crippen LogP contribution is 2.23. The van der Waals surface area contributed by atoms with Gasteiger partial charge in [0.25, 0.3) is 0 Å². The van der Waals surface area contributed by atoms with Crippen LogP contribution in [-0.2, 0) is 6.54 Å². The molecule has 1 heterocycles. The molecule has 0 spiro atoms. The number of carbonyl (C=O) groups is 1. The molecule has 0 aliphatic carbocycles. The summed E-state index contributed by atoms with van der Waals surface area (Å²) in [6, 6.07) is 7.91. The highest BCUT2D eigenvalue weighted by molar-refractivity contribution is 5.66. The second-order valence-electron chi connectivity index (χ2n) is 3.71. The molecule has 18 heavy (non-hydrogen) atoms. The lowest BCUT2D eigenvalue weighted by Gasteiger charge is -2.07. The van der Waals surface area contributed by atoms with Crippen LogP contribution in [0.3, 0.4) is 0 Å². The van der Waals surface area contributed by atoms with Crippen molar-refractivity contribution in [2.75, 3.05) is 0 Å². The predicted octanol–water partition coefficient (Wildman–Crippen LogP) is 2.66. The van der Waals surface area contributed by atoms with Crippen LogP contribution in [0.2, 0.25) is 0 Å². The summed E-state index contributed by atoms with van der Waals surface area (Å²) in [5.74, 6) is -0.347. The van der Waals surface area contributed by atoms with E-state index in [-0.39, 0.29) is 12.4 Å². The molecular weight excluding hydrogens is 235 g/mol. The van der Waals surface area contributed by atoms with Crippen molar-refractivity contribution in [3.05, 3.63) is 54.1 Å². The van der Waals surface area contributed by atoms with E-state index in [1.807, 2.05) is 0 Å². The summed E-state index contributed by atoms with van der Waals surface area (Å²) < 4.78 is 13.7. The Balaban J connectivity index is 2.30. The average Bonchev–Trinajstić information content (AvgIpc) is 2.38. The summed E-state index contributed by atoms with van der Waals surface area (Å²) in [6.07, 6.45) is 2.05. The Bertz CT molecular complexity index is 558. The molecule has 5 heteroatoms. The van der Waals surface area contributed by atoms with E-state index < -0.39 is 6.09 Å². The summed E-state index contributed by atoms with van der Waals surface area (Å²) in [6.45, 7) is 0.147. The van der Waals surface area contributed by atoms with Gasteiger partial charge in [0, 0.05) is 24.5 Å². The first-order valence-electron chi connectivity index (χ1n) is 5.32. The van der Waals surface area contributed by atoms with Crippen LogP contribution in [0.4, 0.5) is 9.18 Å². The van der Waals surface area contributed by atoms with Gasteiger partial charge in [-0.2, -0.15) is 0 Å². The minimum atomic E-state index is -1.11. The van der Waals surface area contributed by atoms with Crippen LogP contribution in [0.15, 0.2) is 42.7 Å². The second kappa shape index (κ2) is 5.27. The van der Waals surface area contributed by atoms with Crippen LogP contribution in [0.25, 0.3) is 11.1 Å². The molecule has 92 valence electrons. The molecule has 2 N–H and O–H groups in total. The number of benzene rings is 1. The van der Waals surface area contributed by atoms with Gasteiger partial charge in [-0.3, -0.25) is 4.98 Å². The zero-order valence-corrected chi connectivity index (χ0v) is 9.43. The molecule has 1 aromatic heterocycles. The van der Waals surface area contributed by atoms with Crippen molar-refractivity contribution in [1.29, 1.82) is 0 Å². The van der Waals surface area contributed by atoms with E-state index in [9.17, 15) is 9.18 Å². The zero-order valence-electron chi connectivity index (χ0n) is 9.43. The van der Waals surface area contributed by atoms with E-state index in [0.29, 0.717) is 16.7 Å². The fourth-order valence-electron chi connectivity index (χ4n) is 1.61. The maximum atomic E-state index is 13.7. The Labute approximate surface area is 103 Å². The number of nitrogens with zero attached hydrogens (tertiary/aromatic N) is 1. The molecule has 0 radical (unpaired) electrons. The van der Waals surface area contributed by atoms with E-state index in [2.05, 4.69) is 10.3 Å². The number of hydrogen-bond donors (Lipinski definition) is 2. The van der Waals surface area contributed by atoms with Gasteiger partial charge in [0.2, 0.25) is 0 Å². The molecule has 0 aliphatic rings. The number of nitrogens with one attached hydrogen (secondary N) is 1. The molecule has 1 aromatic carbocycles. The Morgan fingerprint density at radius 2 is 2.00 bits per heavy atom. The zero-order chi connectivity index (χ0) is 13.0. The van der Waals surface area contributed by atoms with E-state index in [1.165, 1.54) is 6.07 Å². The Morgan fingerprint density at radius 1 is 1.28 bits per heavy atom. The molecule has 0 saturated carbocycles. The van der Waals surface area contributed by atoms with Crippen LogP contribution in [0, 0.1) is 5.82 Å². The lowest BCUT2D eigenvalue weighted by Crippen LogP contribution is -2.19. The molecule has 4 nitrogen and oxygen atoms in total. The number of carboxylic acid groups (broad SMARTS) is 1. The van der Waals surface area contributed by atoms with Gasteiger partial charge in [-0.15, -0.1) is 0 Å². The first-order valence-corrected chi connectivity index (χ1v) is 5.32. The Kier molecular flexibility index (Phi) is 3.52. The topological polar surface area (TPSA) is 62.2 Å². The third kappa shape index (κ3) is 2.82. The van der Waals surface area contributed by atoms with Crippen LogP contribution in [0.1, 0.15) is 5.56 Å². The Hall–Kier alpha value is -2.43. The number of amides is 1. The molecule has 0 bridgehead atoms. The van der Waals surface area contributed by atoms with Gasteiger partial charge < -0.3 is 10.4 Å². The van der Waals surface area contributed by atoms with Gasteiger partial charge in [-0.25, -0.2) is 9.18 Å². The molecule has 0 fully saturated rings. The van der Waals surface area contributed by atoms with Crippen molar-refractivity contribution in [2.45, 2.75) is 6.54 Å². The van der Waals surface area contributed by atoms with Gasteiger partial charge in [0.1, 0.15) is 5.82 Å². The quantitative estimate of drug-likeness (QED) is 0.875. The summed E-state index contributed by atoms with van der Waals surface area (Å²) in [5.41, 5.74) is 1.84. The number of hydrogen-bond acceptors (Lipinski definition) is 2. The number of halogens is 1.